The van der Waals surface area contributed by atoms with Gasteiger partial charge in [0.15, 0.2) is 6.04 Å². The summed E-state index contributed by atoms with van der Waals surface area (Å²) in [5.74, 6) is -0.718. The van der Waals surface area contributed by atoms with Gasteiger partial charge < -0.3 is 4.74 Å². The number of carbonyl (C=O) groups excluding carboxylic acids is 2. The number of hydrazone groups is 1. The van der Waals surface area contributed by atoms with Crippen molar-refractivity contribution >= 4 is 40.9 Å². The van der Waals surface area contributed by atoms with Gasteiger partial charge in [0.25, 0.3) is 6.08 Å². The Morgan fingerprint density at radius 3 is 2.72 bits per heavy atom. The first kappa shape index (κ1) is 17.4. The average Bonchev–Trinajstić information content (AvgIpc) is 2.62. The van der Waals surface area contributed by atoms with Crippen LogP contribution >= 0.6 is 23.2 Å². The van der Waals surface area contributed by atoms with Gasteiger partial charge in [-0.1, -0.05) is 28.3 Å². The van der Waals surface area contributed by atoms with Crippen molar-refractivity contribution in [3.05, 3.63) is 57.8 Å². The Morgan fingerprint density at radius 1 is 1.36 bits per heavy atom. The number of pyridine rings is 1. The average molecular weight is 378 g/mol. The lowest BCUT2D eigenvalue weighted by molar-refractivity contribution is -0.142. The van der Waals surface area contributed by atoms with Crippen LogP contribution in [0.3, 0.4) is 0 Å². The number of anilines is 1. The van der Waals surface area contributed by atoms with Gasteiger partial charge in [0, 0.05) is 33.9 Å². The summed E-state index contributed by atoms with van der Waals surface area (Å²) in [5, 5.41) is 5.75. The van der Waals surface area contributed by atoms with Crippen molar-refractivity contribution in [2.24, 2.45) is 5.10 Å². The van der Waals surface area contributed by atoms with Crippen LogP contribution in [-0.2, 0) is 14.3 Å². The monoisotopic (exact) mass is 377 g/mol. The van der Waals surface area contributed by atoms with Crippen LogP contribution in [0.4, 0.5) is 5.69 Å². The molecule has 0 bridgehead atoms. The number of rotatable bonds is 3. The predicted octanol–water partition coefficient (Wildman–Crippen LogP) is 3.52. The summed E-state index contributed by atoms with van der Waals surface area (Å²) >= 11 is 12.6. The van der Waals surface area contributed by atoms with Gasteiger partial charge in [-0.3, -0.25) is 4.98 Å². The summed E-state index contributed by atoms with van der Waals surface area (Å²) in [6, 6.07) is 6.15. The van der Waals surface area contributed by atoms with Crippen molar-refractivity contribution in [2.75, 3.05) is 12.1 Å². The van der Waals surface area contributed by atoms with Crippen LogP contribution in [0.15, 0.2) is 41.8 Å². The third-order valence-electron chi connectivity index (χ3n) is 4.15. The molecule has 1 aromatic carbocycles. The fraction of sp³-hybridized carbons (Fsp3) is 0.235. The minimum absolute atomic E-state index is 0.204. The molecule has 0 spiro atoms. The summed E-state index contributed by atoms with van der Waals surface area (Å²) in [6.07, 6.45) is 5.14. The Kier molecular flexibility index (Phi) is 5.04. The molecule has 1 aromatic heterocycles. The number of nitrogens with zero attached hydrogens (tertiary/aromatic N) is 3. The Morgan fingerprint density at radius 2 is 2.08 bits per heavy atom. The molecule has 1 aliphatic rings. The molecule has 0 aliphatic carbocycles. The van der Waals surface area contributed by atoms with Gasteiger partial charge in [-0.2, -0.15) is 0 Å². The molecule has 1 aliphatic heterocycles. The van der Waals surface area contributed by atoms with Crippen molar-refractivity contribution in [1.82, 2.24) is 4.98 Å². The zero-order chi connectivity index (χ0) is 18.0. The molecule has 25 heavy (non-hydrogen) atoms. The Hall–Kier alpha value is -2.40. The molecule has 0 N–H and O–H groups in total. The van der Waals surface area contributed by atoms with Crippen molar-refractivity contribution in [1.29, 1.82) is 0 Å². The van der Waals surface area contributed by atoms with Gasteiger partial charge in [-0.25, -0.2) is 14.6 Å². The van der Waals surface area contributed by atoms with Gasteiger partial charge in [0.1, 0.15) is 0 Å². The Labute approximate surface area is 154 Å². The number of esters is 1. The zero-order valence-corrected chi connectivity index (χ0v) is 14.7. The van der Waals surface area contributed by atoms with E-state index in [4.69, 9.17) is 27.9 Å². The van der Waals surface area contributed by atoms with Crippen molar-refractivity contribution < 1.29 is 14.3 Å². The third-order valence-corrected chi connectivity index (χ3v) is 4.68. The molecule has 2 heterocycles. The maximum Gasteiger partial charge on any atom is 0.330 e. The number of carbonyl (C=O) groups is 1. The summed E-state index contributed by atoms with van der Waals surface area (Å²) in [7, 11) is 1.28. The molecule has 0 saturated heterocycles. The molecule has 3 rings (SSSR count). The largest absolute Gasteiger partial charge is 0.467 e. The second-order valence-electron chi connectivity index (χ2n) is 5.46. The minimum Gasteiger partial charge on any atom is -0.467 e. The molecule has 0 unspecified atom stereocenters. The summed E-state index contributed by atoms with van der Waals surface area (Å²) in [4.78, 5) is 27.2. The van der Waals surface area contributed by atoms with E-state index < -0.39 is 12.0 Å². The number of halogens is 2. The molecular weight excluding hydrogens is 365 g/mol. The lowest BCUT2D eigenvalue weighted by Crippen LogP contribution is -2.43. The smallest absolute Gasteiger partial charge is 0.330 e. The fourth-order valence-electron chi connectivity index (χ4n) is 3.11. The number of ether oxygens (including phenoxy) is 1. The highest BCUT2D eigenvalue weighted by Crippen LogP contribution is 2.47. The van der Waals surface area contributed by atoms with Crippen molar-refractivity contribution in [3.8, 4) is 0 Å². The van der Waals surface area contributed by atoms with Crippen molar-refractivity contribution in [3.63, 3.8) is 0 Å². The molecule has 128 valence electrons. The van der Waals surface area contributed by atoms with E-state index in [0.29, 0.717) is 22.2 Å². The predicted molar refractivity (Wildman–Crippen MR) is 93.6 cm³/mol. The number of methoxy groups -OCH3 is 1. The van der Waals surface area contributed by atoms with E-state index in [0.717, 1.165) is 11.1 Å². The maximum atomic E-state index is 12.3. The summed E-state index contributed by atoms with van der Waals surface area (Å²) in [6.45, 7) is 0. The topological polar surface area (TPSA) is 71.9 Å². The van der Waals surface area contributed by atoms with Gasteiger partial charge in [-0.05, 0) is 36.2 Å². The second-order valence-corrected chi connectivity index (χ2v) is 6.31. The Balaban J connectivity index is 2.24. The fourth-order valence-corrected chi connectivity index (χ4v) is 3.73. The number of benzene rings is 1. The molecule has 2 aromatic rings. The van der Waals surface area contributed by atoms with Crippen LogP contribution in [0.1, 0.15) is 23.5 Å². The number of fused-ring (bicyclic) bond motifs is 1. The molecule has 6 nitrogen and oxygen atoms in total. The number of aromatic nitrogens is 1. The van der Waals surface area contributed by atoms with Gasteiger partial charge in [0.05, 0.1) is 12.8 Å². The standard InChI is InChI=1S/C17H13Cl2N3O3/c1-25-17(24)15-8-12(10-2-4-20-5-3-10)16-13(19)6-11(18)7-14(16)22(15)21-9-23/h2-7,12,15H,8H2,1H3/t12-,15-/m1/s1. The van der Waals surface area contributed by atoms with E-state index in [1.54, 1.807) is 24.5 Å². The molecule has 0 saturated carbocycles. The second kappa shape index (κ2) is 7.23. The van der Waals surface area contributed by atoms with Gasteiger partial charge in [0.2, 0.25) is 0 Å². The number of hydrogen-bond donors (Lipinski definition) is 0. The van der Waals surface area contributed by atoms with Crippen LogP contribution in [0.25, 0.3) is 0 Å². The van der Waals surface area contributed by atoms with E-state index in [2.05, 4.69) is 10.1 Å². The number of hydrogen-bond acceptors (Lipinski definition) is 6. The Bertz CT molecular complexity index is 854. The van der Waals surface area contributed by atoms with Crippen LogP contribution in [0.5, 0.6) is 0 Å². The van der Waals surface area contributed by atoms with Crippen LogP contribution in [0, 0.1) is 0 Å². The van der Waals surface area contributed by atoms with E-state index in [1.165, 1.54) is 18.2 Å². The van der Waals surface area contributed by atoms with Crippen LogP contribution in [-0.4, -0.2) is 30.2 Å². The summed E-state index contributed by atoms with van der Waals surface area (Å²) < 4.78 is 4.88. The minimum atomic E-state index is -0.799. The van der Waals surface area contributed by atoms with E-state index in [9.17, 15) is 9.59 Å². The van der Waals surface area contributed by atoms with E-state index in [-0.39, 0.29) is 5.92 Å². The van der Waals surface area contributed by atoms with Crippen LogP contribution in [0.2, 0.25) is 10.0 Å². The first-order chi connectivity index (χ1) is 12.1. The summed E-state index contributed by atoms with van der Waals surface area (Å²) in [5.41, 5.74) is 2.14. The lowest BCUT2D eigenvalue weighted by Gasteiger charge is -2.37. The maximum absolute atomic E-state index is 12.3. The molecule has 0 fully saturated rings. The molecule has 0 amide bonds. The first-order valence-electron chi connectivity index (χ1n) is 7.40. The highest BCUT2D eigenvalue weighted by Gasteiger charge is 2.40. The zero-order valence-electron chi connectivity index (χ0n) is 13.1. The van der Waals surface area contributed by atoms with Gasteiger partial charge in [-0.15, -0.1) is 0 Å². The molecule has 0 radical (unpaired) electrons. The third kappa shape index (κ3) is 3.24. The van der Waals surface area contributed by atoms with Crippen molar-refractivity contribution in [2.45, 2.75) is 18.4 Å². The van der Waals surface area contributed by atoms with Gasteiger partial charge >= 0.3 is 5.97 Å². The SMILES string of the molecule is COC(=O)[C@H]1C[C@H](c2ccncc2)c2c(Cl)cc(Cl)cc2N1N=C=O. The quantitative estimate of drug-likeness (QED) is 0.464. The lowest BCUT2D eigenvalue weighted by atomic mass is 9.82. The normalized spacial score (nSPS) is 18.9. The van der Waals surface area contributed by atoms with E-state index in [1.807, 2.05) is 12.1 Å². The highest BCUT2D eigenvalue weighted by molar-refractivity contribution is 6.35. The first-order valence-corrected chi connectivity index (χ1v) is 8.16. The molecule has 8 heteroatoms. The number of isocyanates is 1. The molecular formula is C17H13Cl2N3O3. The van der Waals surface area contributed by atoms with Crippen LogP contribution < -0.4 is 5.01 Å². The molecule has 2 atom stereocenters. The van der Waals surface area contributed by atoms with E-state index >= 15 is 0 Å². The highest BCUT2D eigenvalue weighted by atomic mass is 35.5.